The van der Waals surface area contributed by atoms with Crippen molar-refractivity contribution in [1.29, 1.82) is 0 Å². The molecule has 0 saturated carbocycles. The van der Waals surface area contributed by atoms with Crippen LogP contribution in [0, 0.1) is 29.1 Å². The van der Waals surface area contributed by atoms with Crippen molar-refractivity contribution in [2.45, 2.75) is 13.5 Å². The lowest BCUT2D eigenvalue weighted by atomic mass is 10.1. The van der Waals surface area contributed by atoms with Gasteiger partial charge in [-0.25, -0.2) is 22.0 Å². The van der Waals surface area contributed by atoms with E-state index in [1.54, 1.807) is 12.1 Å². The molecule has 0 aliphatic carbocycles. The number of hydrazone groups is 1. The van der Waals surface area contributed by atoms with Gasteiger partial charge in [0, 0.05) is 4.47 Å². The van der Waals surface area contributed by atoms with Crippen LogP contribution in [0.25, 0.3) is 6.08 Å². The Labute approximate surface area is 210 Å². The molecule has 5 nitrogen and oxygen atoms in total. The third-order valence-electron chi connectivity index (χ3n) is 5.28. The standard InChI is InChI=1S/C25H16BrF5N2O3/c1-12-15(25(34)33(32-12)24-22(30)20(28)19(27)21(29)23(24)31)8-14-9-17(35-2)18(10-16(14)26)36-11-13-6-4-3-5-7-13/h3-10H,11H2,1-2H3/b15-8+. The molecule has 0 saturated heterocycles. The van der Waals surface area contributed by atoms with Crippen LogP contribution in [0.2, 0.25) is 0 Å². The van der Waals surface area contributed by atoms with Gasteiger partial charge in [-0.15, -0.1) is 0 Å². The van der Waals surface area contributed by atoms with Gasteiger partial charge < -0.3 is 9.47 Å². The third kappa shape index (κ3) is 4.58. The molecular formula is C25H16BrF5N2O3. The molecule has 0 aromatic heterocycles. The number of amides is 1. The summed E-state index contributed by atoms with van der Waals surface area (Å²) >= 11 is 3.39. The molecule has 0 unspecified atom stereocenters. The van der Waals surface area contributed by atoms with Gasteiger partial charge in [0.25, 0.3) is 5.91 Å². The highest BCUT2D eigenvalue weighted by Gasteiger charge is 2.37. The van der Waals surface area contributed by atoms with Gasteiger partial charge in [-0.2, -0.15) is 10.1 Å². The van der Waals surface area contributed by atoms with Gasteiger partial charge in [0.1, 0.15) is 12.3 Å². The average molecular weight is 567 g/mol. The third-order valence-corrected chi connectivity index (χ3v) is 5.97. The Hall–Kier alpha value is -3.73. The van der Waals surface area contributed by atoms with Gasteiger partial charge in [-0.3, -0.25) is 4.79 Å². The van der Waals surface area contributed by atoms with Crippen LogP contribution in [0.5, 0.6) is 11.5 Å². The summed E-state index contributed by atoms with van der Waals surface area (Å²) in [5, 5.41) is 3.88. The van der Waals surface area contributed by atoms with Gasteiger partial charge in [0.2, 0.25) is 5.82 Å². The second kappa shape index (κ2) is 10.1. The second-order valence-electron chi connectivity index (χ2n) is 7.58. The van der Waals surface area contributed by atoms with Crippen molar-refractivity contribution in [2.75, 3.05) is 12.1 Å². The zero-order valence-electron chi connectivity index (χ0n) is 18.7. The van der Waals surface area contributed by atoms with E-state index in [0.717, 1.165) is 5.56 Å². The van der Waals surface area contributed by atoms with Crippen LogP contribution < -0.4 is 14.5 Å². The lowest BCUT2D eigenvalue weighted by Crippen LogP contribution is -2.25. The van der Waals surface area contributed by atoms with E-state index in [2.05, 4.69) is 21.0 Å². The van der Waals surface area contributed by atoms with Gasteiger partial charge in [-0.1, -0.05) is 46.3 Å². The molecule has 1 aliphatic heterocycles. The number of nitrogens with zero attached hydrogens (tertiary/aromatic N) is 2. The van der Waals surface area contributed by atoms with Crippen molar-refractivity contribution in [2.24, 2.45) is 5.10 Å². The number of ether oxygens (including phenoxy) is 2. The molecule has 1 aliphatic rings. The molecule has 186 valence electrons. The highest BCUT2D eigenvalue weighted by atomic mass is 79.9. The highest BCUT2D eigenvalue weighted by molar-refractivity contribution is 9.10. The zero-order valence-corrected chi connectivity index (χ0v) is 20.3. The van der Waals surface area contributed by atoms with Crippen LogP contribution in [0.3, 0.4) is 0 Å². The van der Waals surface area contributed by atoms with E-state index in [9.17, 15) is 26.7 Å². The summed E-state index contributed by atoms with van der Waals surface area (Å²) in [4.78, 5) is 12.9. The minimum Gasteiger partial charge on any atom is -0.493 e. The number of anilines is 1. The summed E-state index contributed by atoms with van der Waals surface area (Å²) < 4.78 is 81.0. The van der Waals surface area contributed by atoms with E-state index < -0.39 is 40.7 Å². The Kier molecular flexibility index (Phi) is 7.11. The van der Waals surface area contributed by atoms with Crippen molar-refractivity contribution < 1.29 is 36.2 Å². The van der Waals surface area contributed by atoms with Crippen molar-refractivity contribution in [1.82, 2.24) is 0 Å². The van der Waals surface area contributed by atoms with Crippen LogP contribution in [0.15, 0.2) is 57.6 Å². The van der Waals surface area contributed by atoms with E-state index in [-0.39, 0.29) is 22.9 Å². The van der Waals surface area contributed by atoms with Crippen molar-refractivity contribution in [3.05, 3.63) is 92.7 Å². The zero-order chi connectivity index (χ0) is 26.1. The molecule has 0 spiro atoms. The smallest absolute Gasteiger partial charge is 0.280 e. The molecule has 0 N–H and O–H groups in total. The van der Waals surface area contributed by atoms with E-state index in [1.807, 2.05) is 30.3 Å². The maximum absolute atomic E-state index is 14.3. The largest absolute Gasteiger partial charge is 0.493 e. The number of carbonyl (C=O) groups excluding carboxylic acids is 1. The molecule has 4 rings (SSSR count). The Morgan fingerprint density at radius 3 is 2.17 bits per heavy atom. The number of benzene rings is 3. The van der Waals surface area contributed by atoms with Crippen LogP contribution in [0.1, 0.15) is 18.1 Å². The molecule has 1 heterocycles. The summed E-state index contributed by atoms with van der Waals surface area (Å²) in [5.41, 5.74) is -0.242. The summed E-state index contributed by atoms with van der Waals surface area (Å²) in [6, 6.07) is 12.6. The van der Waals surface area contributed by atoms with E-state index >= 15 is 0 Å². The fourth-order valence-corrected chi connectivity index (χ4v) is 3.88. The minimum absolute atomic E-state index is 0.000729. The number of hydrogen-bond donors (Lipinski definition) is 0. The van der Waals surface area contributed by atoms with Gasteiger partial charge >= 0.3 is 0 Å². The summed E-state index contributed by atoms with van der Waals surface area (Å²) in [6.45, 7) is 1.63. The summed E-state index contributed by atoms with van der Waals surface area (Å²) in [7, 11) is 1.42. The van der Waals surface area contributed by atoms with Gasteiger partial charge in [0.05, 0.1) is 18.4 Å². The van der Waals surface area contributed by atoms with Crippen molar-refractivity contribution in [3.63, 3.8) is 0 Å². The van der Waals surface area contributed by atoms with Crippen molar-refractivity contribution in [3.8, 4) is 11.5 Å². The lowest BCUT2D eigenvalue weighted by Gasteiger charge is -2.15. The monoisotopic (exact) mass is 566 g/mol. The molecule has 3 aromatic carbocycles. The number of rotatable bonds is 6. The fourth-order valence-electron chi connectivity index (χ4n) is 3.44. The first-order valence-electron chi connectivity index (χ1n) is 10.3. The maximum Gasteiger partial charge on any atom is 0.280 e. The molecule has 1 amide bonds. The maximum atomic E-state index is 14.3. The SMILES string of the molecule is COc1cc(/C=C2/C(=O)N(c3c(F)c(F)c(F)c(F)c3F)N=C2C)c(Br)cc1OCc1ccccc1. The molecule has 0 radical (unpaired) electrons. The first-order chi connectivity index (χ1) is 17.1. The van der Waals surface area contributed by atoms with Gasteiger partial charge in [-0.05, 0) is 36.3 Å². The minimum atomic E-state index is -2.33. The van der Waals surface area contributed by atoms with E-state index in [1.165, 1.54) is 20.1 Å². The summed E-state index contributed by atoms with van der Waals surface area (Å²) in [6.07, 6.45) is 1.35. The number of halogens is 6. The lowest BCUT2D eigenvalue weighted by molar-refractivity contribution is -0.114. The fraction of sp³-hybridized carbons (Fsp3) is 0.120. The molecule has 0 fully saturated rings. The number of methoxy groups -OCH3 is 1. The van der Waals surface area contributed by atoms with Crippen molar-refractivity contribution >= 4 is 39.3 Å². The topological polar surface area (TPSA) is 51.1 Å². The number of carbonyl (C=O) groups is 1. The molecule has 0 atom stereocenters. The second-order valence-corrected chi connectivity index (χ2v) is 8.43. The normalized spacial score (nSPS) is 14.4. The average Bonchev–Trinajstić information content (AvgIpc) is 3.15. The summed E-state index contributed by atoms with van der Waals surface area (Å²) in [5.74, 6) is -11.4. The predicted molar refractivity (Wildman–Crippen MR) is 126 cm³/mol. The van der Waals surface area contributed by atoms with Crippen LogP contribution in [0.4, 0.5) is 27.6 Å². The molecule has 0 bridgehead atoms. The molecule has 36 heavy (non-hydrogen) atoms. The van der Waals surface area contributed by atoms with Crippen LogP contribution >= 0.6 is 15.9 Å². The van der Waals surface area contributed by atoms with Crippen LogP contribution in [-0.2, 0) is 11.4 Å². The predicted octanol–water partition coefficient (Wildman–Crippen LogP) is 6.54. The highest BCUT2D eigenvalue weighted by Crippen LogP contribution is 2.37. The Bertz CT molecular complexity index is 1400. The Balaban J connectivity index is 1.67. The van der Waals surface area contributed by atoms with Crippen LogP contribution in [-0.4, -0.2) is 18.7 Å². The first-order valence-corrected chi connectivity index (χ1v) is 11.1. The molecule has 11 heteroatoms. The number of hydrogen-bond acceptors (Lipinski definition) is 4. The van der Waals surface area contributed by atoms with E-state index in [0.29, 0.717) is 21.5 Å². The molecular weight excluding hydrogens is 551 g/mol. The van der Waals surface area contributed by atoms with Gasteiger partial charge in [0.15, 0.2) is 34.8 Å². The molecule has 3 aromatic rings. The quantitative estimate of drug-likeness (QED) is 0.147. The Morgan fingerprint density at radius 2 is 1.56 bits per heavy atom. The van der Waals surface area contributed by atoms with E-state index in [4.69, 9.17) is 9.47 Å². The first kappa shape index (κ1) is 25.4. The Morgan fingerprint density at radius 1 is 0.944 bits per heavy atom.